The Morgan fingerprint density at radius 3 is 2.15 bits per heavy atom. The van der Waals surface area contributed by atoms with E-state index in [1.54, 1.807) is 18.2 Å². The van der Waals surface area contributed by atoms with Crippen molar-refractivity contribution in [3.05, 3.63) is 70.3 Å². The van der Waals surface area contributed by atoms with Crippen LogP contribution in [0, 0.1) is 10.1 Å². The third-order valence-electron chi connectivity index (χ3n) is 2.56. The minimum Gasteiger partial charge on any atom is -0.262 e. The first-order valence-corrected chi connectivity index (χ1v) is 7.08. The molecular formula is C13H11NO5S. The summed E-state index contributed by atoms with van der Waals surface area (Å²) in [5.74, 6) is 0. The maximum atomic E-state index is 11.9. The lowest BCUT2D eigenvalue weighted by Crippen LogP contribution is -2.06. The number of hydrogen-bond donors (Lipinski definition) is 0. The molecule has 0 aliphatic heterocycles. The Kier molecular flexibility index (Phi) is 4.11. The third kappa shape index (κ3) is 3.40. The van der Waals surface area contributed by atoms with Crippen molar-refractivity contribution >= 4 is 15.8 Å². The largest absolute Gasteiger partial charge is 0.297 e. The van der Waals surface area contributed by atoms with Crippen molar-refractivity contribution in [2.24, 2.45) is 0 Å². The molecule has 0 saturated heterocycles. The second-order valence-corrected chi connectivity index (χ2v) is 5.57. The molecule has 7 heteroatoms. The van der Waals surface area contributed by atoms with Crippen LogP contribution < -0.4 is 0 Å². The molecule has 0 bridgehead atoms. The van der Waals surface area contributed by atoms with Gasteiger partial charge in [0.05, 0.1) is 16.4 Å². The fourth-order valence-corrected chi connectivity index (χ4v) is 2.43. The summed E-state index contributed by atoms with van der Waals surface area (Å²) in [5.41, 5.74) is 0.481. The second-order valence-electron chi connectivity index (χ2n) is 3.95. The molecule has 0 amide bonds. The number of benzene rings is 2. The van der Waals surface area contributed by atoms with Crippen LogP contribution in [0.1, 0.15) is 5.56 Å². The fourth-order valence-electron chi connectivity index (χ4n) is 1.51. The van der Waals surface area contributed by atoms with Crippen molar-refractivity contribution in [1.29, 1.82) is 0 Å². The van der Waals surface area contributed by atoms with Crippen LogP contribution in [0.15, 0.2) is 59.5 Å². The molecule has 0 aromatic heterocycles. The lowest BCUT2D eigenvalue weighted by molar-refractivity contribution is -0.384. The van der Waals surface area contributed by atoms with Crippen LogP contribution in [0.2, 0.25) is 0 Å². The van der Waals surface area contributed by atoms with Gasteiger partial charge in [-0.05, 0) is 29.8 Å². The number of non-ortho nitro benzene ring substituents is 1. The van der Waals surface area contributed by atoms with Gasteiger partial charge in [0.15, 0.2) is 0 Å². The fraction of sp³-hybridized carbons (Fsp3) is 0.0769. The Bertz CT molecular complexity index is 695. The van der Waals surface area contributed by atoms with Crippen molar-refractivity contribution in [3.63, 3.8) is 0 Å². The van der Waals surface area contributed by atoms with Crippen molar-refractivity contribution in [3.8, 4) is 0 Å². The van der Waals surface area contributed by atoms with Crippen LogP contribution >= 0.6 is 0 Å². The minimum absolute atomic E-state index is 0.0559. The summed E-state index contributed by atoms with van der Waals surface area (Å²) in [6.07, 6.45) is 0. The molecule has 0 atom stereocenters. The molecule has 0 fully saturated rings. The molecular weight excluding hydrogens is 282 g/mol. The highest BCUT2D eigenvalue weighted by molar-refractivity contribution is 7.86. The van der Waals surface area contributed by atoms with Crippen LogP contribution in [0.4, 0.5) is 5.69 Å². The van der Waals surface area contributed by atoms with Gasteiger partial charge in [0.2, 0.25) is 0 Å². The van der Waals surface area contributed by atoms with Gasteiger partial charge in [-0.15, -0.1) is 0 Å². The third-order valence-corrected chi connectivity index (χ3v) is 3.84. The lowest BCUT2D eigenvalue weighted by atomic mass is 10.2. The van der Waals surface area contributed by atoms with Gasteiger partial charge in [-0.3, -0.25) is 14.3 Å². The summed E-state index contributed by atoms with van der Waals surface area (Å²) in [4.78, 5) is 10.0. The monoisotopic (exact) mass is 293 g/mol. The number of hydrogen-bond acceptors (Lipinski definition) is 5. The van der Waals surface area contributed by atoms with Crippen LogP contribution in [0.3, 0.4) is 0 Å². The molecule has 20 heavy (non-hydrogen) atoms. The number of nitro benzene ring substituents is 1. The van der Waals surface area contributed by atoms with E-state index in [0.29, 0.717) is 5.56 Å². The van der Waals surface area contributed by atoms with Crippen molar-refractivity contribution in [2.75, 3.05) is 0 Å². The quantitative estimate of drug-likeness (QED) is 0.480. The maximum absolute atomic E-state index is 11.9. The molecule has 0 N–H and O–H groups in total. The normalized spacial score (nSPS) is 11.2. The number of nitrogens with zero attached hydrogens (tertiary/aromatic N) is 1. The van der Waals surface area contributed by atoms with E-state index in [9.17, 15) is 18.5 Å². The topological polar surface area (TPSA) is 86.5 Å². The first kappa shape index (κ1) is 14.2. The van der Waals surface area contributed by atoms with Gasteiger partial charge in [0.25, 0.3) is 15.8 Å². The Labute approximate surface area is 115 Å². The molecule has 0 unspecified atom stereocenters. The van der Waals surface area contributed by atoms with E-state index in [4.69, 9.17) is 4.18 Å². The van der Waals surface area contributed by atoms with E-state index in [0.717, 1.165) is 0 Å². The average molecular weight is 293 g/mol. The highest BCUT2D eigenvalue weighted by atomic mass is 32.2. The molecule has 0 saturated carbocycles. The van der Waals surface area contributed by atoms with E-state index in [2.05, 4.69) is 0 Å². The first-order chi connectivity index (χ1) is 9.49. The van der Waals surface area contributed by atoms with E-state index in [1.165, 1.54) is 36.4 Å². The molecule has 0 aliphatic carbocycles. The zero-order valence-electron chi connectivity index (χ0n) is 10.3. The molecule has 2 rings (SSSR count). The smallest absolute Gasteiger partial charge is 0.262 e. The molecule has 0 heterocycles. The van der Waals surface area contributed by atoms with Gasteiger partial charge >= 0.3 is 0 Å². The van der Waals surface area contributed by atoms with Crippen LogP contribution in [0.25, 0.3) is 0 Å². The predicted octanol–water partition coefficient (Wildman–Crippen LogP) is 2.50. The first-order valence-electron chi connectivity index (χ1n) is 5.67. The van der Waals surface area contributed by atoms with Crippen molar-refractivity contribution in [1.82, 2.24) is 0 Å². The Morgan fingerprint density at radius 1 is 1.00 bits per heavy atom. The highest BCUT2D eigenvalue weighted by Gasteiger charge is 2.14. The van der Waals surface area contributed by atoms with E-state index in [-0.39, 0.29) is 17.2 Å². The molecule has 2 aromatic rings. The van der Waals surface area contributed by atoms with E-state index < -0.39 is 15.0 Å². The summed E-state index contributed by atoms with van der Waals surface area (Å²) in [5, 5.41) is 10.5. The predicted molar refractivity (Wildman–Crippen MR) is 71.5 cm³/mol. The standard InChI is InChI=1S/C13H11NO5S/c15-14(16)12-8-6-11(7-9-12)10-19-20(17,18)13-4-2-1-3-5-13/h1-9H,10H2. The lowest BCUT2D eigenvalue weighted by Gasteiger charge is -2.05. The van der Waals surface area contributed by atoms with Gasteiger partial charge in [-0.1, -0.05) is 18.2 Å². The maximum Gasteiger partial charge on any atom is 0.297 e. The zero-order chi connectivity index (χ0) is 14.6. The SMILES string of the molecule is O=[N+]([O-])c1ccc(COS(=O)(=O)c2ccccc2)cc1. The Balaban J connectivity index is 2.07. The molecule has 0 spiro atoms. The van der Waals surface area contributed by atoms with Gasteiger partial charge in [-0.2, -0.15) is 8.42 Å². The van der Waals surface area contributed by atoms with E-state index >= 15 is 0 Å². The van der Waals surface area contributed by atoms with Crippen LogP contribution in [-0.2, 0) is 20.9 Å². The molecule has 6 nitrogen and oxygen atoms in total. The molecule has 0 aliphatic rings. The summed E-state index contributed by atoms with van der Waals surface area (Å²) < 4.78 is 28.6. The average Bonchev–Trinajstić information content (AvgIpc) is 2.46. The minimum atomic E-state index is -3.82. The molecule has 104 valence electrons. The van der Waals surface area contributed by atoms with E-state index in [1.807, 2.05) is 0 Å². The van der Waals surface area contributed by atoms with Crippen LogP contribution in [-0.4, -0.2) is 13.3 Å². The Hall–Kier alpha value is -2.25. The zero-order valence-corrected chi connectivity index (χ0v) is 11.1. The van der Waals surface area contributed by atoms with Crippen molar-refractivity contribution < 1.29 is 17.5 Å². The number of rotatable bonds is 5. The van der Waals surface area contributed by atoms with Crippen LogP contribution in [0.5, 0.6) is 0 Å². The highest BCUT2D eigenvalue weighted by Crippen LogP contribution is 2.16. The summed E-state index contributed by atoms with van der Waals surface area (Å²) in [7, 11) is -3.82. The summed E-state index contributed by atoms with van der Waals surface area (Å²) in [6, 6.07) is 13.3. The van der Waals surface area contributed by atoms with Gasteiger partial charge in [-0.25, -0.2) is 0 Å². The number of nitro groups is 1. The second kappa shape index (κ2) is 5.81. The van der Waals surface area contributed by atoms with Gasteiger partial charge < -0.3 is 0 Å². The molecule has 0 radical (unpaired) electrons. The van der Waals surface area contributed by atoms with Gasteiger partial charge in [0.1, 0.15) is 0 Å². The summed E-state index contributed by atoms with van der Waals surface area (Å²) >= 11 is 0. The summed E-state index contributed by atoms with van der Waals surface area (Å²) in [6.45, 7) is -0.171. The molecule has 2 aromatic carbocycles. The van der Waals surface area contributed by atoms with Gasteiger partial charge in [0, 0.05) is 12.1 Å². The Morgan fingerprint density at radius 2 is 1.60 bits per heavy atom. The van der Waals surface area contributed by atoms with Crippen molar-refractivity contribution in [2.45, 2.75) is 11.5 Å².